The molecule has 0 spiro atoms. The molecule has 0 aromatic rings. The average Bonchev–Trinajstić information content (AvgIpc) is 2.21. The second-order valence-corrected chi connectivity index (χ2v) is 8.12. The predicted octanol–water partition coefficient (Wildman–Crippen LogP) is 2.88. The van der Waals surface area contributed by atoms with Crippen LogP contribution in [0.2, 0.25) is 0 Å². The van der Waals surface area contributed by atoms with Gasteiger partial charge < -0.3 is 4.74 Å². The van der Waals surface area contributed by atoms with Crippen LogP contribution in [0.5, 0.6) is 0 Å². The van der Waals surface area contributed by atoms with Gasteiger partial charge in [-0.1, -0.05) is 33.1 Å². The summed E-state index contributed by atoms with van der Waals surface area (Å²) in [5.41, 5.74) is 0. The molecule has 0 saturated carbocycles. The van der Waals surface area contributed by atoms with Crippen molar-refractivity contribution in [3.05, 3.63) is 0 Å². The number of unbranched alkanes of at least 4 members (excludes halogenated alkanes) is 2. The molecule has 4 radical (unpaired) electrons. The van der Waals surface area contributed by atoms with Crippen LogP contribution in [0.4, 0.5) is 0 Å². The summed E-state index contributed by atoms with van der Waals surface area (Å²) >= 11 is 4.24. The first-order valence-corrected chi connectivity index (χ1v) is 8.78. The van der Waals surface area contributed by atoms with Gasteiger partial charge in [0.2, 0.25) is 0 Å². The van der Waals surface area contributed by atoms with E-state index in [1.807, 2.05) is 12.5 Å². The first kappa shape index (κ1) is 20.3. The third kappa shape index (κ3) is 11.8. The van der Waals surface area contributed by atoms with Gasteiger partial charge in [0.1, 0.15) is 4.58 Å². The molecule has 2 nitrogen and oxygen atoms in total. The van der Waals surface area contributed by atoms with Gasteiger partial charge in [0, 0.05) is 23.9 Å². The van der Waals surface area contributed by atoms with Crippen molar-refractivity contribution in [2.24, 2.45) is 5.92 Å². The second-order valence-electron chi connectivity index (χ2n) is 4.75. The Hall–Kier alpha value is 0.969. The van der Waals surface area contributed by atoms with E-state index >= 15 is 0 Å². The SMILES string of the molecule is CC(C)CCCCCOC(=O)C(S)[SH](C)C.[Sn]. The molecule has 17 heavy (non-hydrogen) atoms. The zero-order valence-electron chi connectivity index (χ0n) is 11.4. The molecular weight excluding hydrogens is 359 g/mol. The summed E-state index contributed by atoms with van der Waals surface area (Å²) in [6.07, 6.45) is 8.69. The number of hydrogen-bond donors (Lipinski definition) is 2. The molecule has 1 unspecified atom stereocenters. The molecule has 0 aliphatic rings. The van der Waals surface area contributed by atoms with E-state index in [9.17, 15) is 4.79 Å². The summed E-state index contributed by atoms with van der Waals surface area (Å²) in [5, 5.41) is 0. The smallest absolute Gasteiger partial charge is 0.327 e. The van der Waals surface area contributed by atoms with Crippen LogP contribution in [0.1, 0.15) is 39.5 Å². The minimum absolute atomic E-state index is 0. The molecule has 0 bridgehead atoms. The molecule has 0 heterocycles. The maximum absolute atomic E-state index is 11.4. The molecule has 0 fully saturated rings. The molecule has 1 atom stereocenters. The molecule has 5 heteroatoms. The summed E-state index contributed by atoms with van der Waals surface area (Å²) < 4.78 is 4.96. The van der Waals surface area contributed by atoms with Crippen LogP contribution in [-0.2, 0) is 9.53 Å². The number of ether oxygens (including phenoxy) is 1. The van der Waals surface area contributed by atoms with E-state index in [4.69, 9.17) is 4.74 Å². The van der Waals surface area contributed by atoms with Crippen molar-refractivity contribution in [3.63, 3.8) is 0 Å². The normalized spacial score (nSPS) is 12.9. The van der Waals surface area contributed by atoms with Crippen molar-refractivity contribution >= 4 is 53.4 Å². The number of carbonyl (C=O) groups is 1. The molecular formula is C12H26O2S2Sn. The summed E-state index contributed by atoms with van der Waals surface area (Å²) in [7, 11) is -0.348. The molecule has 0 aliphatic heterocycles. The van der Waals surface area contributed by atoms with Gasteiger partial charge in [-0.25, -0.2) is 10.9 Å². The fourth-order valence-corrected chi connectivity index (χ4v) is 1.86. The fourth-order valence-electron chi connectivity index (χ4n) is 1.29. The number of esters is 1. The van der Waals surface area contributed by atoms with E-state index in [2.05, 4.69) is 26.5 Å². The van der Waals surface area contributed by atoms with E-state index in [1.165, 1.54) is 12.8 Å². The third-order valence-electron chi connectivity index (χ3n) is 2.37. The number of thiol groups is 2. The Labute approximate surface area is 131 Å². The van der Waals surface area contributed by atoms with E-state index < -0.39 is 0 Å². The number of carbonyl (C=O) groups excluding carboxylic acids is 1. The van der Waals surface area contributed by atoms with Crippen molar-refractivity contribution < 1.29 is 9.53 Å². The minimum Gasteiger partial charge on any atom is -0.464 e. The molecule has 0 N–H and O–H groups in total. The van der Waals surface area contributed by atoms with E-state index in [1.54, 1.807) is 0 Å². The molecule has 0 saturated heterocycles. The Kier molecular flexibility index (Phi) is 14.4. The number of hydrogen-bond acceptors (Lipinski definition) is 3. The van der Waals surface area contributed by atoms with Gasteiger partial charge in [-0.05, 0) is 24.9 Å². The third-order valence-corrected chi connectivity index (χ3v) is 5.16. The topological polar surface area (TPSA) is 26.3 Å². The number of rotatable bonds is 8. The van der Waals surface area contributed by atoms with Gasteiger partial charge in [0.05, 0.1) is 6.61 Å². The van der Waals surface area contributed by atoms with Crippen LogP contribution >= 0.6 is 23.5 Å². The van der Waals surface area contributed by atoms with Gasteiger partial charge in [0.25, 0.3) is 0 Å². The van der Waals surface area contributed by atoms with E-state index in [0.717, 1.165) is 18.8 Å². The van der Waals surface area contributed by atoms with Crippen molar-refractivity contribution in [1.29, 1.82) is 0 Å². The van der Waals surface area contributed by atoms with Crippen LogP contribution in [-0.4, -0.2) is 53.6 Å². The quantitative estimate of drug-likeness (QED) is 0.291. The Morgan fingerprint density at radius 1 is 1.24 bits per heavy atom. The summed E-state index contributed by atoms with van der Waals surface area (Å²) in [4.78, 5) is 11.4. The van der Waals surface area contributed by atoms with E-state index in [0.29, 0.717) is 6.61 Å². The molecule has 0 rings (SSSR count). The van der Waals surface area contributed by atoms with Gasteiger partial charge in [0.15, 0.2) is 0 Å². The Morgan fingerprint density at radius 3 is 2.29 bits per heavy atom. The average molecular weight is 385 g/mol. The van der Waals surface area contributed by atoms with Crippen LogP contribution in [0.3, 0.4) is 0 Å². The zero-order chi connectivity index (χ0) is 12.6. The Morgan fingerprint density at radius 2 is 1.82 bits per heavy atom. The predicted molar refractivity (Wildman–Crippen MR) is 83.6 cm³/mol. The monoisotopic (exact) mass is 386 g/mol. The van der Waals surface area contributed by atoms with Crippen LogP contribution in [0, 0.1) is 5.92 Å². The minimum atomic E-state index is -0.348. The molecule has 0 aromatic heterocycles. The molecule has 102 valence electrons. The van der Waals surface area contributed by atoms with Crippen molar-refractivity contribution in [2.75, 3.05) is 19.1 Å². The van der Waals surface area contributed by atoms with Crippen molar-refractivity contribution in [3.8, 4) is 0 Å². The van der Waals surface area contributed by atoms with Crippen molar-refractivity contribution in [2.45, 2.75) is 44.1 Å². The summed E-state index contributed by atoms with van der Waals surface area (Å²) in [5.74, 6) is 0.622. The summed E-state index contributed by atoms with van der Waals surface area (Å²) in [6, 6.07) is 0. The van der Waals surface area contributed by atoms with Gasteiger partial charge in [-0.15, -0.1) is 0 Å². The fraction of sp³-hybridized carbons (Fsp3) is 0.917. The standard InChI is InChI=1S/C12H26O2S2.Sn/c1-10(2)8-6-5-7-9-14-11(13)12(15)16(3)4;/h10,12,15-16H,5-9H2,1-4H3;. The van der Waals surface area contributed by atoms with Crippen LogP contribution in [0.15, 0.2) is 0 Å². The van der Waals surface area contributed by atoms with Crippen LogP contribution in [0.25, 0.3) is 0 Å². The first-order valence-electron chi connectivity index (χ1n) is 5.96. The maximum Gasteiger partial charge on any atom is 0.327 e. The van der Waals surface area contributed by atoms with Gasteiger partial charge >= 0.3 is 5.97 Å². The molecule has 0 aliphatic carbocycles. The van der Waals surface area contributed by atoms with Gasteiger partial charge in [-0.3, -0.25) is 4.79 Å². The molecule has 0 aromatic carbocycles. The molecule has 0 amide bonds. The maximum atomic E-state index is 11.4. The Bertz CT molecular complexity index is 199. The van der Waals surface area contributed by atoms with Crippen molar-refractivity contribution in [1.82, 2.24) is 0 Å². The largest absolute Gasteiger partial charge is 0.464 e. The zero-order valence-corrected chi connectivity index (χ0v) is 16.0. The first-order chi connectivity index (χ1) is 7.45. The van der Waals surface area contributed by atoms with E-state index in [-0.39, 0.29) is 45.4 Å². The van der Waals surface area contributed by atoms with Crippen LogP contribution < -0.4 is 0 Å². The second kappa shape index (κ2) is 12.0. The Balaban J connectivity index is 0. The summed E-state index contributed by atoms with van der Waals surface area (Å²) in [6.45, 7) is 5.02. The van der Waals surface area contributed by atoms with Gasteiger partial charge in [-0.2, -0.15) is 12.6 Å².